The molecule has 0 saturated heterocycles. The van der Waals surface area contributed by atoms with Crippen LogP contribution in [-0.2, 0) is 18.4 Å². The third-order valence-electron chi connectivity index (χ3n) is 3.69. The van der Waals surface area contributed by atoms with E-state index in [1.807, 2.05) is 0 Å². The Balaban J connectivity index is 1.70. The Hall–Kier alpha value is -1.76. The minimum atomic E-state index is -0.145. The van der Waals surface area contributed by atoms with Gasteiger partial charge in [0.05, 0.1) is 23.6 Å². The Morgan fingerprint density at radius 2 is 2.29 bits per heavy atom. The zero-order valence-electron chi connectivity index (χ0n) is 12.5. The van der Waals surface area contributed by atoms with Gasteiger partial charge in [0.2, 0.25) is 0 Å². The number of carbonyl (C=O) groups excluding carboxylic acids is 1. The highest BCUT2D eigenvalue weighted by atomic mass is 32.1. The maximum absolute atomic E-state index is 12.0. The van der Waals surface area contributed by atoms with Crippen LogP contribution in [0.2, 0.25) is 0 Å². The lowest BCUT2D eigenvalue weighted by Crippen LogP contribution is -2.41. The largest absolute Gasteiger partial charge is 0.346 e. The normalized spacial score (nSPS) is 18.3. The fourth-order valence-corrected chi connectivity index (χ4v) is 2.86. The molecule has 112 valence electrons. The number of aryl methyl sites for hydroxylation is 1. The first-order chi connectivity index (χ1) is 9.93. The number of aromatic nitrogens is 4. The Morgan fingerprint density at radius 1 is 1.48 bits per heavy atom. The van der Waals surface area contributed by atoms with Crippen LogP contribution in [0.25, 0.3) is 0 Å². The van der Waals surface area contributed by atoms with Crippen LogP contribution in [0.4, 0.5) is 0 Å². The summed E-state index contributed by atoms with van der Waals surface area (Å²) >= 11 is 1.05. The van der Waals surface area contributed by atoms with Gasteiger partial charge < -0.3 is 9.88 Å². The Kier molecular flexibility index (Phi) is 3.52. The van der Waals surface area contributed by atoms with Crippen molar-refractivity contribution in [1.29, 1.82) is 0 Å². The molecule has 0 aliphatic carbocycles. The van der Waals surface area contributed by atoms with Gasteiger partial charge in [-0.15, -0.1) is 0 Å². The van der Waals surface area contributed by atoms with E-state index in [-0.39, 0.29) is 17.4 Å². The summed E-state index contributed by atoms with van der Waals surface area (Å²) in [7, 11) is 0. The van der Waals surface area contributed by atoms with Gasteiger partial charge in [0.25, 0.3) is 5.91 Å². The summed E-state index contributed by atoms with van der Waals surface area (Å²) in [6, 6.07) is 0.119. The number of nitrogens with zero attached hydrogens (tertiary/aromatic N) is 4. The molecule has 0 fully saturated rings. The average Bonchev–Trinajstić information content (AvgIpc) is 3.06. The molecule has 1 aliphatic rings. The SMILES string of the molecule is CC(C)(C)c1cn2c(n1)CC[C@@H](NC(=O)c1cnsn1)C2. The van der Waals surface area contributed by atoms with Gasteiger partial charge >= 0.3 is 0 Å². The van der Waals surface area contributed by atoms with Crippen LogP contribution in [0.1, 0.15) is 49.2 Å². The van der Waals surface area contributed by atoms with Gasteiger partial charge in [0, 0.05) is 30.6 Å². The minimum Gasteiger partial charge on any atom is -0.346 e. The molecule has 1 amide bonds. The lowest BCUT2D eigenvalue weighted by Gasteiger charge is -2.24. The summed E-state index contributed by atoms with van der Waals surface area (Å²) in [6.07, 6.45) is 5.40. The number of fused-ring (bicyclic) bond motifs is 1. The second-order valence-corrected chi connectivity index (χ2v) is 7.00. The highest BCUT2D eigenvalue weighted by molar-refractivity contribution is 6.99. The molecule has 0 bridgehead atoms. The Bertz CT molecular complexity index is 641. The molecule has 1 aliphatic heterocycles. The van der Waals surface area contributed by atoms with Crippen LogP contribution in [-0.4, -0.2) is 30.2 Å². The molecular formula is C14H19N5OS. The zero-order valence-corrected chi connectivity index (χ0v) is 13.3. The second kappa shape index (κ2) is 5.22. The predicted molar refractivity (Wildman–Crippen MR) is 80.4 cm³/mol. The van der Waals surface area contributed by atoms with E-state index < -0.39 is 0 Å². The maximum Gasteiger partial charge on any atom is 0.272 e. The molecule has 1 atom stereocenters. The first-order valence-electron chi connectivity index (χ1n) is 7.08. The number of hydrogen-bond donors (Lipinski definition) is 1. The van der Waals surface area contributed by atoms with Crippen molar-refractivity contribution < 1.29 is 4.79 Å². The molecule has 3 heterocycles. The van der Waals surface area contributed by atoms with Gasteiger partial charge in [-0.25, -0.2) is 4.98 Å². The summed E-state index contributed by atoms with van der Waals surface area (Å²) < 4.78 is 9.98. The predicted octanol–water partition coefficient (Wildman–Crippen LogP) is 1.78. The smallest absolute Gasteiger partial charge is 0.272 e. The molecular weight excluding hydrogens is 286 g/mol. The monoisotopic (exact) mass is 305 g/mol. The zero-order chi connectivity index (χ0) is 15.0. The number of rotatable bonds is 2. The third-order valence-corrected chi connectivity index (χ3v) is 4.17. The number of amides is 1. The van der Waals surface area contributed by atoms with Crippen molar-refractivity contribution in [2.75, 3.05) is 0 Å². The molecule has 0 saturated carbocycles. The summed E-state index contributed by atoms with van der Waals surface area (Å²) in [4.78, 5) is 16.7. The van der Waals surface area contributed by atoms with E-state index in [0.717, 1.165) is 42.6 Å². The minimum absolute atomic E-state index is 0.0509. The molecule has 0 radical (unpaired) electrons. The van der Waals surface area contributed by atoms with E-state index >= 15 is 0 Å². The van der Waals surface area contributed by atoms with Crippen LogP contribution in [0.3, 0.4) is 0 Å². The van der Waals surface area contributed by atoms with Crippen molar-refractivity contribution in [1.82, 2.24) is 23.6 Å². The Morgan fingerprint density at radius 3 is 2.95 bits per heavy atom. The number of nitrogens with one attached hydrogen (secondary N) is 1. The van der Waals surface area contributed by atoms with Gasteiger partial charge in [-0.3, -0.25) is 4.79 Å². The van der Waals surface area contributed by atoms with Crippen molar-refractivity contribution in [2.45, 2.75) is 51.6 Å². The molecule has 6 nitrogen and oxygen atoms in total. The van der Waals surface area contributed by atoms with Crippen molar-refractivity contribution in [3.8, 4) is 0 Å². The maximum atomic E-state index is 12.0. The lowest BCUT2D eigenvalue weighted by atomic mass is 9.93. The van der Waals surface area contributed by atoms with Crippen molar-refractivity contribution in [2.24, 2.45) is 0 Å². The van der Waals surface area contributed by atoms with E-state index in [9.17, 15) is 4.79 Å². The number of imidazole rings is 1. The average molecular weight is 305 g/mol. The molecule has 0 spiro atoms. The fraction of sp³-hybridized carbons (Fsp3) is 0.571. The van der Waals surface area contributed by atoms with E-state index in [4.69, 9.17) is 4.98 Å². The van der Waals surface area contributed by atoms with Gasteiger partial charge in [0.15, 0.2) is 5.69 Å². The summed E-state index contributed by atoms with van der Waals surface area (Å²) in [6.45, 7) is 7.25. The number of carbonyl (C=O) groups is 1. The van der Waals surface area contributed by atoms with Crippen LogP contribution < -0.4 is 5.32 Å². The fourth-order valence-electron chi connectivity index (χ4n) is 2.45. The lowest BCUT2D eigenvalue weighted by molar-refractivity contribution is 0.0923. The first kappa shape index (κ1) is 14.2. The standard InChI is InChI=1S/C14H19N5OS/c1-14(2,3)11-8-19-7-9(4-5-12(19)17-11)16-13(20)10-6-15-21-18-10/h6,8-9H,4-5,7H2,1-3H3,(H,16,20)/t9-/m1/s1. The van der Waals surface area contributed by atoms with E-state index in [0.29, 0.717) is 5.69 Å². The molecule has 7 heteroatoms. The van der Waals surface area contributed by atoms with Crippen molar-refractivity contribution >= 4 is 17.6 Å². The molecule has 0 aromatic carbocycles. The van der Waals surface area contributed by atoms with Gasteiger partial charge in [0.1, 0.15) is 5.82 Å². The molecule has 2 aromatic heterocycles. The highest BCUT2D eigenvalue weighted by Crippen LogP contribution is 2.24. The highest BCUT2D eigenvalue weighted by Gasteiger charge is 2.25. The molecule has 1 N–H and O–H groups in total. The molecule has 0 unspecified atom stereocenters. The topological polar surface area (TPSA) is 72.7 Å². The van der Waals surface area contributed by atoms with Gasteiger partial charge in [-0.05, 0) is 6.42 Å². The Labute approximate surface area is 127 Å². The third kappa shape index (κ3) is 2.97. The van der Waals surface area contributed by atoms with E-state index in [2.05, 4.69) is 45.6 Å². The molecule has 21 heavy (non-hydrogen) atoms. The second-order valence-electron chi connectivity index (χ2n) is 6.45. The van der Waals surface area contributed by atoms with Gasteiger partial charge in [-0.1, -0.05) is 20.8 Å². The van der Waals surface area contributed by atoms with Crippen LogP contribution >= 0.6 is 11.7 Å². The van der Waals surface area contributed by atoms with Crippen molar-refractivity contribution in [3.05, 3.63) is 29.6 Å². The number of hydrogen-bond acceptors (Lipinski definition) is 5. The summed E-state index contributed by atoms with van der Waals surface area (Å²) in [5, 5.41) is 3.03. The quantitative estimate of drug-likeness (QED) is 0.918. The van der Waals surface area contributed by atoms with Crippen LogP contribution in [0.15, 0.2) is 12.4 Å². The summed E-state index contributed by atoms with van der Waals surface area (Å²) in [5.41, 5.74) is 1.55. The summed E-state index contributed by atoms with van der Waals surface area (Å²) in [5.74, 6) is 0.967. The van der Waals surface area contributed by atoms with Crippen LogP contribution in [0, 0.1) is 0 Å². The molecule has 3 rings (SSSR count). The molecule has 2 aromatic rings. The van der Waals surface area contributed by atoms with Crippen molar-refractivity contribution in [3.63, 3.8) is 0 Å². The van der Waals surface area contributed by atoms with E-state index in [1.54, 1.807) is 0 Å². The van der Waals surface area contributed by atoms with Gasteiger partial charge in [-0.2, -0.15) is 8.75 Å². The first-order valence-corrected chi connectivity index (χ1v) is 7.81. The van der Waals surface area contributed by atoms with Crippen LogP contribution in [0.5, 0.6) is 0 Å². The van der Waals surface area contributed by atoms with E-state index in [1.165, 1.54) is 6.20 Å².